The SMILES string of the molecule is OC(Cc1cc(Br)cc2c1OCC2)c1ncccc1F. The normalized spacial score (nSPS) is 14.8. The molecule has 3 rings (SSSR count). The summed E-state index contributed by atoms with van der Waals surface area (Å²) in [6, 6.07) is 6.71. The molecule has 20 heavy (non-hydrogen) atoms. The summed E-state index contributed by atoms with van der Waals surface area (Å²) in [5.74, 6) is 0.316. The molecule has 0 amide bonds. The molecule has 0 aliphatic carbocycles. The smallest absolute Gasteiger partial charge is 0.147 e. The van der Waals surface area contributed by atoms with Gasteiger partial charge in [-0.25, -0.2) is 4.39 Å². The summed E-state index contributed by atoms with van der Waals surface area (Å²) in [6.45, 7) is 0.646. The molecule has 1 atom stereocenters. The van der Waals surface area contributed by atoms with E-state index < -0.39 is 11.9 Å². The minimum atomic E-state index is -0.987. The molecular weight excluding hydrogens is 325 g/mol. The van der Waals surface area contributed by atoms with Gasteiger partial charge in [0.15, 0.2) is 0 Å². The second-order valence-corrected chi connectivity index (χ2v) is 5.66. The van der Waals surface area contributed by atoms with Crippen molar-refractivity contribution in [2.24, 2.45) is 0 Å². The fraction of sp³-hybridized carbons (Fsp3) is 0.267. The van der Waals surface area contributed by atoms with Gasteiger partial charge in [0.05, 0.1) is 6.61 Å². The van der Waals surface area contributed by atoms with Gasteiger partial charge in [-0.1, -0.05) is 15.9 Å². The van der Waals surface area contributed by atoms with E-state index in [2.05, 4.69) is 20.9 Å². The number of pyridine rings is 1. The standard InChI is InChI=1S/C15H13BrFNO2/c16-11-6-9-3-5-20-15(9)10(7-11)8-13(19)14-12(17)2-1-4-18-14/h1-2,4,6-7,13,19H,3,5,8H2. The predicted octanol–water partition coefficient (Wildman–Crippen LogP) is 3.19. The van der Waals surface area contributed by atoms with Crippen LogP contribution in [0.5, 0.6) is 5.75 Å². The molecule has 1 aliphatic rings. The average molecular weight is 338 g/mol. The van der Waals surface area contributed by atoms with Crippen molar-refractivity contribution in [3.8, 4) is 5.75 Å². The molecule has 2 heterocycles. The highest BCUT2D eigenvalue weighted by Gasteiger charge is 2.21. The van der Waals surface area contributed by atoms with Crippen molar-refractivity contribution in [2.75, 3.05) is 6.61 Å². The summed E-state index contributed by atoms with van der Waals surface area (Å²) in [6.07, 6.45) is 1.62. The molecule has 5 heteroatoms. The van der Waals surface area contributed by atoms with E-state index in [-0.39, 0.29) is 12.1 Å². The fourth-order valence-electron chi connectivity index (χ4n) is 2.45. The summed E-state index contributed by atoms with van der Waals surface area (Å²) >= 11 is 3.45. The summed E-state index contributed by atoms with van der Waals surface area (Å²) in [4.78, 5) is 3.91. The van der Waals surface area contributed by atoms with Gasteiger partial charge in [0.25, 0.3) is 0 Å². The second-order valence-electron chi connectivity index (χ2n) is 4.74. The zero-order valence-electron chi connectivity index (χ0n) is 10.6. The monoisotopic (exact) mass is 337 g/mol. The number of hydrogen-bond donors (Lipinski definition) is 1. The molecule has 1 aliphatic heterocycles. The van der Waals surface area contributed by atoms with Gasteiger partial charge in [-0.3, -0.25) is 4.98 Å². The molecule has 0 spiro atoms. The van der Waals surface area contributed by atoms with Gasteiger partial charge in [0.2, 0.25) is 0 Å². The third kappa shape index (κ3) is 2.55. The van der Waals surface area contributed by atoms with Crippen molar-refractivity contribution in [2.45, 2.75) is 18.9 Å². The molecular formula is C15H13BrFNO2. The molecule has 1 unspecified atom stereocenters. The van der Waals surface area contributed by atoms with E-state index in [0.29, 0.717) is 6.61 Å². The third-order valence-corrected chi connectivity index (χ3v) is 3.80. The van der Waals surface area contributed by atoms with Crippen LogP contribution in [0.2, 0.25) is 0 Å². The van der Waals surface area contributed by atoms with E-state index in [1.807, 2.05) is 12.1 Å². The molecule has 3 nitrogen and oxygen atoms in total. The van der Waals surface area contributed by atoms with Crippen LogP contribution in [0.25, 0.3) is 0 Å². The second kappa shape index (κ2) is 5.50. The van der Waals surface area contributed by atoms with Gasteiger partial charge in [-0.05, 0) is 35.4 Å². The van der Waals surface area contributed by atoms with E-state index in [0.717, 1.165) is 27.8 Å². The summed E-state index contributed by atoms with van der Waals surface area (Å²) in [5.41, 5.74) is 2.05. The number of halogens is 2. The van der Waals surface area contributed by atoms with Crippen LogP contribution in [0.4, 0.5) is 4.39 Å². The lowest BCUT2D eigenvalue weighted by Crippen LogP contribution is -2.07. The number of hydrogen-bond acceptors (Lipinski definition) is 3. The molecule has 0 saturated carbocycles. The fourth-order valence-corrected chi connectivity index (χ4v) is 3.00. The Hall–Kier alpha value is -1.46. The van der Waals surface area contributed by atoms with E-state index in [4.69, 9.17) is 4.74 Å². The van der Waals surface area contributed by atoms with Crippen molar-refractivity contribution in [1.29, 1.82) is 0 Å². The van der Waals surface area contributed by atoms with Gasteiger partial charge >= 0.3 is 0 Å². The zero-order chi connectivity index (χ0) is 14.1. The Kier molecular flexibility index (Phi) is 3.72. The quantitative estimate of drug-likeness (QED) is 0.935. The largest absolute Gasteiger partial charge is 0.493 e. The lowest BCUT2D eigenvalue weighted by molar-refractivity contribution is 0.167. The van der Waals surface area contributed by atoms with Crippen molar-refractivity contribution in [3.63, 3.8) is 0 Å². The minimum absolute atomic E-state index is 0.0687. The first-order chi connectivity index (χ1) is 9.65. The molecule has 0 radical (unpaired) electrons. The van der Waals surface area contributed by atoms with E-state index in [1.54, 1.807) is 0 Å². The van der Waals surface area contributed by atoms with Crippen molar-refractivity contribution >= 4 is 15.9 Å². The molecule has 1 N–H and O–H groups in total. The van der Waals surface area contributed by atoms with E-state index >= 15 is 0 Å². The topological polar surface area (TPSA) is 42.4 Å². The van der Waals surface area contributed by atoms with Crippen LogP contribution in [-0.2, 0) is 12.8 Å². The maximum atomic E-state index is 13.6. The molecule has 0 bridgehead atoms. The third-order valence-electron chi connectivity index (χ3n) is 3.34. The van der Waals surface area contributed by atoms with Crippen LogP contribution in [0.15, 0.2) is 34.9 Å². The number of benzene rings is 1. The van der Waals surface area contributed by atoms with Crippen molar-refractivity contribution in [1.82, 2.24) is 4.98 Å². The Balaban J connectivity index is 1.90. The average Bonchev–Trinajstić information content (AvgIpc) is 2.87. The molecule has 0 fully saturated rings. The van der Waals surface area contributed by atoms with E-state index in [1.165, 1.54) is 18.3 Å². The first-order valence-electron chi connectivity index (χ1n) is 6.37. The number of ether oxygens (including phenoxy) is 1. The van der Waals surface area contributed by atoms with E-state index in [9.17, 15) is 9.50 Å². The summed E-state index contributed by atoms with van der Waals surface area (Å²) < 4.78 is 20.2. The van der Waals surface area contributed by atoms with Crippen molar-refractivity contribution in [3.05, 3.63) is 57.6 Å². The molecule has 104 valence electrons. The van der Waals surface area contributed by atoms with Crippen LogP contribution in [-0.4, -0.2) is 16.7 Å². The van der Waals surface area contributed by atoms with Crippen LogP contribution in [0.3, 0.4) is 0 Å². The maximum absolute atomic E-state index is 13.6. The van der Waals surface area contributed by atoms with Crippen molar-refractivity contribution < 1.29 is 14.2 Å². The Morgan fingerprint density at radius 3 is 3.10 bits per heavy atom. The van der Waals surface area contributed by atoms with Gasteiger partial charge in [0, 0.05) is 23.5 Å². The highest BCUT2D eigenvalue weighted by molar-refractivity contribution is 9.10. The summed E-state index contributed by atoms with van der Waals surface area (Å²) in [7, 11) is 0. The first kappa shape index (κ1) is 13.5. The van der Waals surface area contributed by atoms with Gasteiger partial charge in [0.1, 0.15) is 23.4 Å². The number of nitrogens with zero attached hydrogens (tertiary/aromatic N) is 1. The Bertz CT molecular complexity index is 648. The Morgan fingerprint density at radius 2 is 2.30 bits per heavy atom. The highest BCUT2D eigenvalue weighted by atomic mass is 79.9. The molecule has 0 saturated heterocycles. The molecule has 1 aromatic carbocycles. The number of aromatic nitrogens is 1. The van der Waals surface area contributed by atoms with Crippen LogP contribution >= 0.6 is 15.9 Å². The predicted molar refractivity (Wildman–Crippen MR) is 76.2 cm³/mol. The van der Waals surface area contributed by atoms with Gasteiger partial charge in [-0.15, -0.1) is 0 Å². The van der Waals surface area contributed by atoms with Crippen LogP contribution in [0, 0.1) is 5.82 Å². The highest BCUT2D eigenvalue weighted by Crippen LogP contribution is 2.35. The molecule has 2 aromatic rings. The number of aliphatic hydroxyl groups is 1. The lowest BCUT2D eigenvalue weighted by atomic mass is 10.0. The summed E-state index contributed by atoms with van der Waals surface area (Å²) in [5, 5.41) is 10.2. The number of fused-ring (bicyclic) bond motifs is 1. The minimum Gasteiger partial charge on any atom is -0.493 e. The zero-order valence-corrected chi connectivity index (χ0v) is 12.2. The lowest BCUT2D eigenvalue weighted by Gasteiger charge is -2.14. The van der Waals surface area contributed by atoms with Gasteiger partial charge in [-0.2, -0.15) is 0 Å². The Labute approximate surface area is 124 Å². The van der Waals surface area contributed by atoms with Gasteiger partial charge < -0.3 is 9.84 Å². The first-order valence-corrected chi connectivity index (χ1v) is 7.17. The Morgan fingerprint density at radius 1 is 1.45 bits per heavy atom. The number of aliphatic hydroxyl groups excluding tert-OH is 1. The maximum Gasteiger partial charge on any atom is 0.147 e. The van der Waals surface area contributed by atoms with Crippen LogP contribution in [0.1, 0.15) is 22.9 Å². The van der Waals surface area contributed by atoms with Crippen LogP contribution < -0.4 is 4.74 Å². The number of rotatable bonds is 3. The molecule has 1 aromatic heterocycles.